The second-order valence-corrected chi connectivity index (χ2v) is 5.11. The Morgan fingerprint density at radius 1 is 1.29 bits per heavy atom. The third-order valence-corrected chi connectivity index (χ3v) is 3.84. The fourth-order valence-electron chi connectivity index (χ4n) is 2.26. The van der Waals surface area contributed by atoms with E-state index in [-0.39, 0.29) is 11.4 Å². The van der Waals surface area contributed by atoms with Gasteiger partial charge in [0.25, 0.3) is 0 Å². The summed E-state index contributed by atoms with van der Waals surface area (Å²) in [5.41, 5.74) is 1.48. The Kier molecular flexibility index (Phi) is 4.93. The highest BCUT2D eigenvalue weighted by molar-refractivity contribution is 6.33. The first-order valence-corrected chi connectivity index (χ1v) is 6.83. The number of rotatable bonds is 5. The van der Waals surface area contributed by atoms with E-state index in [9.17, 15) is 13.2 Å². The van der Waals surface area contributed by atoms with Crippen molar-refractivity contribution < 1.29 is 17.9 Å². The zero-order valence-corrected chi connectivity index (χ0v) is 12.4. The van der Waals surface area contributed by atoms with Gasteiger partial charge in [0.15, 0.2) is 6.17 Å². The molecule has 0 radical (unpaired) electrons. The van der Waals surface area contributed by atoms with Gasteiger partial charge in [-0.25, -0.2) is 13.2 Å². The van der Waals surface area contributed by atoms with Crippen LogP contribution in [0.25, 0.3) is 10.9 Å². The van der Waals surface area contributed by atoms with E-state index in [1.165, 1.54) is 7.11 Å². The summed E-state index contributed by atoms with van der Waals surface area (Å²) in [6.07, 6.45) is -4.47. The number of pyridine rings is 1. The SMILES string of the molecule is COc1cccc2nc(C)c(Cl)c(CC(F)C(F)CF)c12. The van der Waals surface area contributed by atoms with Gasteiger partial charge in [-0.15, -0.1) is 0 Å². The van der Waals surface area contributed by atoms with Crippen LogP contribution < -0.4 is 4.74 Å². The molecule has 2 atom stereocenters. The van der Waals surface area contributed by atoms with E-state index in [0.29, 0.717) is 27.9 Å². The average molecular weight is 318 g/mol. The van der Waals surface area contributed by atoms with Crippen LogP contribution in [0.4, 0.5) is 13.2 Å². The normalized spacial score (nSPS) is 14.2. The van der Waals surface area contributed by atoms with E-state index < -0.39 is 19.0 Å². The summed E-state index contributed by atoms with van der Waals surface area (Å²) < 4.78 is 44.5. The van der Waals surface area contributed by atoms with Crippen molar-refractivity contribution in [3.8, 4) is 5.75 Å². The third kappa shape index (κ3) is 3.07. The number of nitrogens with zero attached hydrogens (tertiary/aromatic N) is 1. The zero-order chi connectivity index (χ0) is 15.6. The Balaban J connectivity index is 2.61. The van der Waals surface area contributed by atoms with E-state index in [0.717, 1.165) is 0 Å². The van der Waals surface area contributed by atoms with Crippen LogP contribution in [0.3, 0.4) is 0 Å². The first kappa shape index (κ1) is 15.9. The van der Waals surface area contributed by atoms with Crippen molar-refractivity contribution in [1.29, 1.82) is 0 Å². The molecule has 0 fully saturated rings. The Morgan fingerprint density at radius 3 is 2.62 bits per heavy atom. The molecule has 0 spiro atoms. The van der Waals surface area contributed by atoms with Gasteiger partial charge in [0.1, 0.15) is 18.6 Å². The highest BCUT2D eigenvalue weighted by Crippen LogP contribution is 2.35. The van der Waals surface area contributed by atoms with Gasteiger partial charge in [-0.05, 0) is 24.6 Å². The average Bonchev–Trinajstić information content (AvgIpc) is 2.49. The molecule has 2 nitrogen and oxygen atoms in total. The highest BCUT2D eigenvalue weighted by Gasteiger charge is 2.24. The topological polar surface area (TPSA) is 22.1 Å². The quantitative estimate of drug-likeness (QED) is 0.815. The smallest absolute Gasteiger partial charge is 0.160 e. The largest absolute Gasteiger partial charge is 0.496 e. The minimum atomic E-state index is -2.17. The van der Waals surface area contributed by atoms with Gasteiger partial charge in [-0.1, -0.05) is 17.7 Å². The zero-order valence-electron chi connectivity index (χ0n) is 11.7. The number of hydrogen-bond donors (Lipinski definition) is 0. The molecule has 0 N–H and O–H groups in total. The van der Waals surface area contributed by atoms with E-state index in [1.807, 2.05) is 0 Å². The van der Waals surface area contributed by atoms with Gasteiger partial charge in [0, 0.05) is 11.8 Å². The molecule has 0 aliphatic heterocycles. The van der Waals surface area contributed by atoms with Crippen LogP contribution in [0.1, 0.15) is 11.3 Å². The summed E-state index contributed by atoms with van der Waals surface area (Å²) in [6, 6.07) is 5.17. The molecule has 114 valence electrons. The van der Waals surface area contributed by atoms with Crippen LogP contribution in [0.5, 0.6) is 5.75 Å². The second kappa shape index (κ2) is 6.52. The number of alkyl halides is 3. The maximum Gasteiger partial charge on any atom is 0.160 e. The van der Waals surface area contributed by atoms with Crippen molar-refractivity contribution in [1.82, 2.24) is 4.98 Å². The lowest BCUT2D eigenvalue weighted by atomic mass is 10.00. The molecule has 0 saturated heterocycles. The third-order valence-electron chi connectivity index (χ3n) is 3.34. The number of benzene rings is 1. The molecule has 0 amide bonds. The Bertz CT molecular complexity index is 650. The summed E-state index contributed by atoms with van der Waals surface area (Å²) in [4.78, 5) is 4.31. The van der Waals surface area contributed by atoms with Gasteiger partial charge < -0.3 is 4.74 Å². The highest BCUT2D eigenvalue weighted by atomic mass is 35.5. The van der Waals surface area contributed by atoms with Gasteiger partial charge in [-0.2, -0.15) is 0 Å². The lowest BCUT2D eigenvalue weighted by Crippen LogP contribution is -2.22. The number of fused-ring (bicyclic) bond motifs is 1. The fourth-order valence-corrected chi connectivity index (χ4v) is 2.47. The lowest BCUT2D eigenvalue weighted by molar-refractivity contribution is 0.137. The first-order valence-electron chi connectivity index (χ1n) is 6.45. The number of aromatic nitrogens is 1. The molecule has 0 saturated carbocycles. The van der Waals surface area contributed by atoms with Gasteiger partial charge in [-0.3, -0.25) is 4.98 Å². The first-order chi connectivity index (χ1) is 9.99. The molecule has 0 aliphatic rings. The maximum atomic E-state index is 13.8. The number of ether oxygens (including phenoxy) is 1. The molecular formula is C15H15ClF3NO. The summed E-state index contributed by atoms with van der Waals surface area (Å²) >= 11 is 6.19. The monoisotopic (exact) mass is 317 g/mol. The molecule has 1 heterocycles. The van der Waals surface area contributed by atoms with Crippen molar-refractivity contribution in [2.45, 2.75) is 25.7 Å². The van der Waals surface area contributed by atoms with Gasteiger partial charge in [0.2, 0.25) is 0 Å². The fraction of sp³-hybridized carbons (Fsp3) is 0.400. The van der Waals surface area contributed by atoms with Crippen LogP contribution in [0.15, 0.2) is 18.2 Å². The molecule has 2 unspecified atom stereocenters. The molecule has 1 aromatic carbocycles. The Hall–Kier alpha value is -1.49. The number of methoxy groups -OCH3 is 1. The number of hydrogen-bond acceptors (Lipinski definition) is 2. The Morgan fingerprint density at radius 2 is 2.00 bits per heavy atom. The molecule has 6 heteroatoms. The minimum Gasteiger partial charge on any atom is -0.496 e. The molecule has 2 aromatic rings. The van der Waals surface area contributed by atoms with Crippen LogP contribution in [0, 0.1) is 6.92 Å². The lowest BCUT2D eigenvalue weighted by Gasteiger charge is -2.16. The van der Waals surface area contributed by atoms with Gasteiger partial charge >= 0.3 is 0 Å². The van der Waals surface area contributed by atoms with E-state index in [1.54, 1.807) is 25.1 Å². The van der Waals surface area contributed by atoms with Crippen molar-refractivity contribution in [3.05, 3.63) is 34.5 Å². The second-order valence-electron chi connectivity index (χ2n) is 4.73. The molecular weight excluding hydrogens is 303 g/mol. The van der Waals surface area contributed by atoms with Crippen molar-refractivity contribution in [2.75, 3.05) is 13.8 Å². The standard InChI is InChI=1S/C15H15ClF3NO/c1-8-15(16)9(6-10(18)11(19)7-17)14-12(20-8)4-3-5-13(14)21-2/h3-5,10-11H,6-7H2,1-2H3. The molecule has 2 rings (SSSR count). The van der Waals surface area contributed by atoms with Crippen molar-refractivity contribution >= 4 is 22.5 Å². The van der Waals surface area contributed by atoms with E-state index in [2.05, 4.69) is 4.98 Å². The summed E-state index contributed by atoms with van der Waals surface area (Å²) in [5.74, 6) is 0.472. The van der Waals surface area contributed by atoms with E-state index >= 15 is 0 Å². The van der Waals surface area contributed by atoms with Crippen LogP contribution >= 0.6 is 11.6 Å². The van der Waals surface area contributed by atoms with Crippen LogP contribution in [-0.2, 0) is 6.42 Å². The summed E-state index contributed by atoms with van der Waals surface area (Å²) in [5, 5.41) is 0.782. The van der Waals surface area contributed by atoms with Crippen molar-refractivity contribution in [3.63, 3.8) is 0 Å². The molecule has 0 aliphatic carbocycles. The minimum absolute atomic E-state index is 0.251. The van der Waals surface area contributed by atoms with Crippen molar-refractivity contribution in [2.24, 2.45) is 0 Å². The molecule has 0 bridgehead atoms. The molecule has 21 heavy (non-hydrogen) atoms. The number of aryl methyl sites for hydroxylation is 1. The Labute approximate surface area is 125 Å². The summed E-state index contributed by atoms with van der Waals surface area (Å²) in [6.45, 7) is 0.317. The van der Waals surface area contributed by atoms with Crippen LogP contribution in [0.2, 0.25) is 5.02 Å². The predicted octanol–water partition coefficient (Wildman–Crippen LogP) is 4.39. The predicted molar refractivity (Wildman–Crippen MR) is 77.5 cm³/mol. The number of halogens is 4. The van der Waals surface area contributed by atoms with E-state index in [4.69, 9.17) is 16.3 Å². The van der Waals surface area contributed by atoms with Crippen LogP contribution in [-0.4, -0.2) is 31.1 Å². The molecule has 1 aromatic heterocycles. The summed E-state index contributed by atoms with van der Waals surface area (Å²) in [7, 11) is 1.47. The maximum absolute atomic E-state index is 13.8. The van der Waals surface area contributed by atoms with Gasteiger partial charge in [0.05, 0.1) is 23.3 Å².